The van der Waals surface area contributed by atoms with Crippen LogP contribution in [0, 0.1) is 5.41 Å². The number of carbonyl (C=O) groups is 1. The number of halogens is 2. The first-order valence-corrected chi connectivity index (χ1v) is 6.80. The van der Waals surface area contributed by atoms with Crippen molar-refractivity contribution >= 4 is 41.0 Å². The van der Waals surface area contributed by atoms with Gasteiger partial charge in [-0.2, -0.15) is 0 Å². The van der Waals surface area contributed by atoms with Crippen LogP contribution < -0.4 is 10.3 Å². The van der Waals surface area contributed by atoms with Gasteiger partial charge < -0.3 is 5.32 Å². The Balaban J connectivity index is 2.71. The summed E-state index contributed by atoms with van der Waals surface area (Å²) in [6, 6.07) is 4.60. The molecule has 1 atom stereocenters. The number of amides is 1. The maximum absolute atomic E-state index is 12.0. The fourth-order valence-electron chi connectivity index (χ4n) is 1.33. The minimum absolute atomic E-state index is 0.00784. The molecule has 0 aliphatic heterocycles. The number of benzene rings is 1. The number of hydrogen-bond donors (Lipinski definition) is 2. The molecule has 3 nitrogen and oxygen atoms in total. The van der Waals surface area contributed by atoms with Crippen LogP contribution in [0.2, 0.25) is 10.0 Å². The van der Waals surface area contributed by atoms with Gasteiger partial charge in [-0.15, -0.1) is 0 Å². The number of hydrogen-bond acceptors (Lipinski definition) is 1. The Hall–Kier alpha value is -1.06. The molecule has 0 bridgehead atoms. The predicted molar refractivity (Wildman–Crippen MR) is 81.0 cm³/mol. The highest BCUT2D eigenvalue weighted by Gasteiger charge is 2.18. The van der Waals surface area contributed by atoms with Crippen LogP contribution >= 0.6 is 23.2 Å². The topological polar surface area (TPSA) is 43.1 Å². The van der Waals surface area contributed by atoms with E-state index < -0.39 is 0 Å². The summed E-state index contributed by atoms with van der Waals surface area (Å²) in [6.45, 7) is 7.97. The van der Waals surface area contributed by atoms with Gasteiger partial charge in [-0.05, 0) is 18.2 Å². The summed E-state index contributed by atoms with van der Waals surface area (Å²) >= 11 is 11.8. The molecular weight excluding hydrogens is 283 g/mol. The molecule has 0 aliphatic carbocycles. The van der Waals surface area contributed by atoms with E-state index >= 15 is 0 Å². The number of nitrogens with one attached hydrogen (secondary N) is 2. The summed E-state index contributed by atoms with van der Waals surface area (Å²) < 4.78 is 0. The Morgan fingerprint density at radius 3 is 2.26 bits per heavy atom. The molecule has 1 amide bonds. The lowest BCUT2D eigenvalue weighted by Crippen LogP contribution is -2.79. The summed E-state index contributed by atoms with van der Waals surface area (Å²) in [7, 11) is 0. The van der Waals surface area contributed by atoms with E-state index in [1.54, 1.807) is 25.1 Å². The van der Waals surface area contributed by atoms with E-state index in [2.05, 4.69) is 31.1 Å². The lowest BCUT2D eigenvalue weighted by molar-refractivity contribution is -0.480. The van der Waals surface area contributed by atoms with E-state index in [1.807, 2.05) is 6.21 Å². The van der Waals surface area contributed by atoms with Crippen molar-refractivity contribution in [2.45, 2.75) is 33.7 Å². The van der Waals surface area contributed by atoms with Crippen LogP contribution in [0.4, 0.5) is 5.69 Å². The summed E-state index contributed by atoms with van der Waals surface area (Å²) in [5.74, 6) is -0.140. The molecule has 0 saturated heterocycles. The Kier molecular flexibility index (Phi) is 5.39. The van der Waals surface area contributed by atoms with Gasteiger partial charge in [-0.3, -0.25) is 4.79 Å². The summed E-state index contributed by atoms with van der Waals surface area (Å²) in [4.78, 5) is 15.0. The highest BCUT2D eigenvalue weighted by molar-refractivity contribution is 6.35. The van der Waals surface area contributed by atoms with Gasteiger partial charge in [0.05, 0.1) is 0 Å². The van der Waals surface area contributed by atoms with Crippen molar-refractivity contribution in [3.05, 3.63) is 28.2 Å². The molecule has 0 unspecified atom stereocenters. The van der Waals surface area contributed by atoms with Crippen LogP contribution in [0.1, 0.15) is 27.7 Å². The third kappa shape index (κ3) is 6.08. The first-order valence-electron chi connectivity index (χ1n) is 6.05. The summed E-state index contributed by atoms with van der Waals surface area (Å²) in [6.07, 6.45) is 1.90. The van der Waals surface area contributed by atoms with Gasteiger partial charge in [0.2, 0.25) is 6.04 Å². The van der Waals surface area contributed by atoms with Crippen molar-refractivity contribution in [1.82, 2.24) is 0 Å². The zero-order chi connectivity index (χ0) is 14.6. The van der Waals surface area contributed by atoms with Crippen LogP contribution in [0.25, 0.3) is 0 Å². The van der Waals surface area contributed by atoms with Crippen LogP contribution in [0.15, 0.2) is 18.2 Å². The van der Waals surface area contributed by atoms with Gasteiger partial charge in [0.15, 0.2) is 0 Å². The third-order valence-electron chi connectivity index (χ3n) is 2.29. The average molecular weight is 302 g/mol. The molecule has 104 valence electrons. The van der Waals surface area contributed by atoms with Crippen molar-refractivity contribution < 1.29 is 9.79 Å². The van der Waals surface area contributed by atoms with E-state index in [9.17, 15) is 4.79 Å². The molecule has 0 aliphatic rings. The van der Waals surface area contributed by atoms with Gasteiger partial charge in [0.1, 0.15) is 6.21 Å². The van der Waals surface area contributed by atoms with E-state index in [4.69, 9.17) is 23.2 Å². The molecule has 0 heterocycles. The molecule has 0 saturated carbocycles. The van der Waals surface area contributed by atoms with Gasteiger partial charge in [0, 0.05) is 28.1 Å². The van der Waals surface area contributed by atoms with E-state index in [1.165, 1.54) is 0 Å². The Morgan fingerprint density at radius 1 is 1.26 bits per heavy atom. The minimum atomic E-state index is -0.336. The Morgan fingerprint density at radius 2 is 1.79 bits per heavy atom. The molecule has 0 spiro atoms. The first-order chi connectivity index (χ1) is 8.67. The van der Waals surface area contributed by atoms with E-state index in [0.717, 1.165) is 0 Å². The largest absolute Gasteiger partial charge is 0.320 e. The van der Waals surface area contributed by atoms with Crippen LogP contribution in [-0.4, -0.2) is 18.2 Å². The third-order valence-corrected chi connectivity index (χ3v) is 2.73. The molecule has 1 aromatic rings. The van der Waals surface area contributed by atoms with Gasteiger partial charge in [-0.1, -0.05) is 44.0 Å². The molecule has 1 aromatic carbocycles. The van der Waals surface area contributed by atoms with Crippen molar-refractivity contribution in [1.29, 1.82) is 0 Å². The monoisotopic (exact) mass is 301 g/mol. The van der Waals surface area contributed by atoms with E-state index in [0.29, 0.717) is 15.7 Å². The molecule has 0 aromatic heterocycles. The van der Waals surface area contributed by atoms with E-state index in [-0.39, 0.29) is 17.4 Å². The fourth-order valence-corrected chi connectivity index (χ4v) is 1.85. The van der Waals surface area contributed by atoms with Gasteiger partial charge in [-0.25, -0.2) is 4.99 Å². The molecule has 0 radical (unpaired) electrons. The first kappa shape index (κ1) is 16.0. The van der Waals surface area contributed by atoms with Crippen LogP contribution in [0.5, 0.6) is 0 Å². The van der Waals surface area contributed by atoms with Crippen molar-refractivity contribution in [2.24, 2.45) is 5.41 Å². The number of rotatable bonds is 3. The average Bonchev–Trinajstić information content (AvgIpc) is 2.23. The lowest BCUT2D eigenvalue weighted by atomic mass is 9.99. The molecule has 1 rings (SSSR count). The SMILES string of the molecule is C[C@@H]([NH+]=CC(C)(C)C)C(=O)Nc1cc(Cl)cc(Cl)c1. The lowest BCUT2D eigenvalue weighted by Gasteiger charge is -2.09. The van der Waals surface area contributed by atoms with Crippen LogP contribution in [-0.2, 0) is 4.79 Å². The normalized spacial score (nSPS) is 13.6. The van der Waals surface area contributed by atoms with Crippen molar-refractivity contribution in [3.8, 4) is 0 Å². The summed E-state index contributed by atoms with van der Waals surface area (Å²) in [5, 5.41) is 3.75. The Bertz CT molecular complexity index is 472. The van der Waals surface area contributed by atoms with Crippen molar-refractivity contribution in [2.75, 3.05) is 5.32 Å². The highest BCUT2D eigenvalue weighted by Crippen LogP contribution is 2.22. The molecule has 2 N–H and O–H groups in total. The smallest absolute Gasteiger partial charge is 0.292 e. The molecule has 0 fully saturated rings. The molecule has 5 heteroatoms. The quantitative estimate of drug-likeness (QED) is 0.828. The standard InChI is InChI=1S/C14H18Cl2N2O/c1-9(17-8-14(2,3)4)13(19)18-12-6-10(15)5-11(16)7-12/h5-9H,1-4H3,(H,18,19)/p+1/t9-/m1/s1. The summed E-state index contributed by atoms with van der Waals surface area (Å²) in [5.41, 5.74) is 0.598. The van der Waals surface area contributed by atoms with Crippen molar-refractivity contribution in [3.63, 3.8) is 0 Å². The van der Waals surface area contributed by atoms with Gasteiger partial charge >= 0.3 is 0 Å². The predicted octanol–water partition coefficient (Wildman–Crippen LogP) is 2.52. The second-order valence-corrected chi connectivity index (χ2v) is 6.42. The minimum Gasteiger partial charge on any atom is -0.320 e. The van der Waals surface area contributed by atoms with Gasteiger partial charge in [0.25, 0.3) is 5.91 Å². The molecular formula is C14H19Cl2N2O+. The zero-order valence-electron chi connectivity index (χ0n) is 11.6. The fraction of sp³-hybridized carbons (Fsp3) is 0.429. The van der Waals surface area contributed by atoms with Crippen LogP contribution in [0.3, 0.4) is 0 Å². The maximum Gasteiger partial charge on any atom is 0.292 e. The highest BCUT2D eigenvalue weighted by atomic mass is 35.5. The number of anilines is 1. The number of carbonyl (C=O) groups excluding carboxylic acids is 1. The second kappa shape index (κ2) is 6.40. The second-order valence-electron chi connectivity index (χ2n) is 5.55. The molecule has 19 heavy (non-hydrogen) atoms. The maximum atomic E-state index is 12.0. The zero-order valence-corrected chi connectivity index (χ0v) is 13.1. The Labute approximate surface area is 124 Å².